The molecule has 3 N–H and O–H groups in total. The van der Waals surface area contributed by atoms with Gasteiger partial charge in [0.15, 0.2) is 0 Å². The van der Waals surface area contributed by atoms with Crippen LogP contribution in [0.4, 0.5) is 0 Å². The van der Waals surface area contributed by atoms with Crippen LogP contribution in [0.5, 0.6) is 0 Å². The molecule has 0 unspecified atom stereocenters. The van der Waals surface area contributed by atoms with Crippen molar-refractivity contribution in [3.05, 3.63) is 41.6 Å². The van der Waals surface area contributed by atoms with E-state index in [0.717, 1.165) is 23.4 Å². The van der Waals surface area contributed by atoms with Gasteiger partial charge >= 0.3 is 0 Å². The molecule has 1 amide bonds. The lowest BCUT2D eigenvalue weighted by Gasteiger charge is -2.35. The maximum atomic E-state index is 11.4. The lowest BCUT2D eigenvalue weighted by Crippen LogP contribution is -2.51. The third-order valence-electron chi connectivity index (χ3n) is 4.07. The molecule has 23 heavy (non-hydrogen) atoms. The van der Waals surface area contributed by atoms with Gasteiger partial charge in [-0.05, 0) is 19.9 Å². The second-order valence-electron chi connectivity index (χ2n) is 6.17. The number of hydrogen-bond donors (Lipinski definition) is 2. The van der Waals surface area contributed by atoms with E-state index in [1.165, 1.54) is 5.56 Å². The summed E-state index contributed by atoms with van der Waals surface area (Å²) >= 11 is 0. The maximum Gasteiger partial charge on any atom is 0.247 e. The molecule has 2 atom stereocenters. The van der Waals surface area contributed by atoms with Gasteiger partial charge in [0.05, 0.1) is 18.0 Å². The number of rotatable bonds is 4. The predicted octanol–water partition coefficient (Wildman–Crippen LogP) is 1.46. The van der Waals surface area contributed by atoms with Crippen molar-refractivity contribution in [2.45, 2.75) is 32.6 Å². The van der Waals surface area contributed by atoms with Crippen molar-refractivity contribution in [2.24, 2.45) is 5.73 Å². The highest BCUT2D eigenvalue weighted by atomic mass is 16.5. The first-order valence-electron chi connectivity index (χ1n) is 7.79. The van der Waals surface area contributed by atoms with Gasteiger partial charge in [-0.3, -0.25) is 14.8 Å². The Morgan fingerprint density at radius 1 is 1.48 bits per heavy atom. The fourth-order valence-electron chi connectivity index (χ4n) is 3.05. The summed E-state index contributed by atoms with van der Waals surface area (Å²) in [6.07, 6.45) is 1.28. The molecule has 0 bridgehead atoms. The summed E-state index contributed by atoms with van der Waals surface area (Å²) in [5.74, 6) is -0.410. The number of primary amides is 1. The SMILES string of the molecule is Cc1cccc(-c2[nH]ncc2CN2C[C@@H](C)O[C@H](C(N)=O)C2)c1. The number of H-pyrrole nitrogens is 1. The zero-order chi connectivity index (χ0) is 16.4. The predicted molar refractivity (Wildman–Crippen MR) is 87.6 cm³/mol. The van der Waals surface area contributed by atoms with Crippen molar-refractivity contribution >= 4 is 5.91 Å². The Balaban J connectivity index is 1.79. The van der Waals surface area contributed by atoms with E-state index in [1.54, 1.807) is 0 Å². The van der Waals surface area contributed by atoms with Crippen LogP contribution in [0, 0.1) is 6.92 Å². The molecule has 1 aliphatic rings. The molecule has 2 aromatic rings. The van der Waals surface area contributed by atoms with Crippen LogP contribution in [0.15, 0.2) is 30.5 Å². The number of amides is 1. The number of nitrogens with one attached hydrogen (secondary N) is 1. The van der Waals surface area contributed by atoms with Crippen molar-refractivity contribution in [1.29, 1.82) is 0 Å². The normalized spacial score (nSPS) is 22.2. The standard InChI is InChI=1S/C17H22N4O2/c1-11-4-3-5-13(6-11)16-14(7-19-20-16)9-21-8-12(2)23-15(10-21)17(18)22/h3-7,12,15H,8-10H2,1-2H3,(H2,18,22)(H,19,20)/t12-,15+/m1/s1. The smallest absolute Gasteiger partial charge is 0.247 e. The third-order valence-corrected chi connectivity index (χ3v) is 4.07. The van der Waals surface area contributed by atoms with E-state index < -0.39 is 12.0 Å². The topological polar surface area (TPSA) is 84.2 Å². The highest BCUT2D eigenvalue weighted by Crippen LogP contribution is 2.24. The van der Waals surface area contributed by atoms with Crippen LogP contribution in [-0.4, -0.2) is 46.3 Å². The molecule has 122 valence electrons. The number of hydrogen-bond acceptors (Lipinski definition) is 4. The van der Waals surface area contributed by atoms with Gasteiger partial charge in [-0.25, -0.2) is 0 Å². The minimum absolute atomic E-state index is 0.0180. The van der Waals surface area contributed by atoms with Gasteiger partial charge in [-0.1, -0.05) is 23.8 Å². The zero-order valence-electron chi connectivity index (χ0n) is 13.5. The molecule has 6 nitrogen and oxygen atoms in total. The van der Waals surface area contributed by atoms with Crippen LogP contribution in [0.25, 0.3) is 11.3 Å². The monoisotopic (exact) mass is 314 g/mol. The number of morpholine rings is 1. The summed E-state index contributed by atoms with van der Waals surface area (Å²) in [6, 6.07) is 8.30. The van der Waals surface area contributed by atoms with Crippen molar-refractivity contribution in [2.75, 3.05) is 13.1 Å². The molecule has 0 aliphatic carbocycles. The first-order valence-corrected chi connectivity index (χ1v) is 7.79. The second kappa shape index (κ2) is 6.52. The highest BCUT2D eigenvalue weighted by Gasteiger charge is 2.29. The fourth-order valence-corrected chi connectivity index (χ4v) is 3.05. The van der Waals surface area contributed by atoms with Crippen molar-refractivity contribution < 1.29 is 9.53 Å². The minimum Gasteiger partial charge on any atom is -0.367 e. The fraction of sp³-hybridized carbons (Fsp3) is 0.412. The third kappa shape index (κ3) is 3.60. The summed E-state index contributed by atoms with van der Waals surface area (Å²) in [5.41, 5.74) is 9.84. The molecule has 2 heterocycles. The molecule has 1 aromatic heterocycles. The number of nitrogens with two attached hydrogens (primary N) is 1. The Labute approximate surface area is 135 Å². The van der Waals surface area contributed by atoms with E-state index >= 15 is 0 Å². The molecular weight excluding hydrogens is 292 g/mol. The van der Waals surface area contributed by atoms with E-state index in [4.69, 9.17) is 10.5 Å². The summed E-state index contributed by atoms with van der Waals surface area (Å²) in [6.45, 7) is 6.01. The molecule has 1 aromatic carbocycles. The number of aryl methyl sites for hydroxylation is 1. The van der Waals surface area contributed by atoms with Crippen molar-refractivity contribution in [1.82, 2.24) is 15.1 Å². The van der Waals surface area contributed by atoms with Crippen LogP contribution in [-0.2, 0) is 16.1 Å². The van der Waals surface area contributed by atoms with E-state index in [1.807, 2.05) is 19.2 Å². The van der Waals surface area contributed by atoms with Gasteiger partial charge in [0.1, 0.15) is 6.10 Å². The van der Waals surface area contributed by atoms with E-state index in [0.29, 0.717) is 13.1 Å². The summed E-state index contributed by atoms with van der Waals surface area (Å²) in [5, 5.41) is 7.28. The van der Waals surface area contributed by atoms with Gasteiger partial charge in [0.25, 0.3) is 0 Å². The van der Waals surface area contributed by atoms with Gasteiger partial charge in [0.2, 0.25) is 5.91 Å². The largest absolute Gasteiger partial charge is 0.367 e. The van der Waals surface area contributed by atoms with Gasteiger partial charge in [0, 0.05) is 30.8 Å². The van der Waals surface area contributed by atoms with Gasteiger partial charge < -0.3 is 10.5 Å². The van der Waals surface area contributed by atoms with E-state index in [9.17, 15) is 4.79 Å². The molecule has 1 saturated heterocycles. The number of benzene rings is 1. The first-order chi connectivity index (χ1) is 11.0. The maximum absolute atomic E-state index is 11.4. The summed E-state index contributed by atoms with van der Waals surface area (Å²) < 4.78 is 5.59. The molecule has 0 saturated carbocycles. The number of ether oxygens (including phenoxy) is 1. The Morgan fingerprint density at radius 2 is 2.30 bits per heavy atom. The number of aromatic amines is 1. The lowest BCUT2D eigenvalue weighted by molar-refractivity contribution is -0.142. The van der Waals surface area contributed by atoms with Gasteiger partial charge in [-0.15, -0.1) is 0 Å². The number of carbonyl (C=O) groups is 1. The Morgan fingerprint density at radius 3 is 3.04 bits per heavy atom. The molecule has 3 rings (SSSR count). The average Bonchev–Trinajstić information content (AvgIpc) is 2.94. The van der Waals surface area contributed by atoms with Crippen molar-refractivity contribution in [3.8, 4) is 11.3 Å². The molecule has 0 radical (unpaired) electrons. The number of nitrogens with zero attached hydrogens (tertiary/aromatic N) is 2. The molecule has 0 spiro atoms. The Kier molecular flexibility index (Phi) is 4.45. The number of carbonyl (C=O) groups excluding carboxylic acids is 1. The first kappa shape index (κ1) is 15.7. The van der Waals surface area contributed by atoms with Crippen LogP contribution in [0.2, 0.25) is 0 Å². The number of aromatic nitrogens is 2. The second-order valence-corrected chi connectivity index (χ2v) is 6.17. The molecule has 1 fully saturated rings. The summed E-state index contributed by atoms with van der Waals surface area (Å²) in [4.78, 5) is 13.6. The zero-order valence-corrected chi connectivity index (χ0v) is 13.5. The van der Waals surface area contributed by atoms with Crippen molar-refractivity contribution in [3.63, 3.8) is 0 Å². The summed E-state index contributed by atoms with van der Waals surface area (Å²) in [7, 11) is 0. The van der Waals surface area contributed by atoms with Crippen LogP contribution >= 0.6 is 0 Å². The quantitative estimate of drug-likeness (QED) is 0.895. The molecule has 1 aliphatic heterocycles. The molecule has 6 heteroatoms. The van der Waals surface area contributed by atoms with Gasteiger partial charge in [-0.2, -0.15) is 5.10 Å². The van der Waals surface area contributed by atoms with E-state index in [2.05, 4.69) is 40.2 Å². The molecular formula is C17H22N4O2. The van der Waals surface area contributed by atoms with Crippen LogP contribution in [0.3, 0.4) is 0 Å². The van der Waals surface area contributed by atoms with Crippen LogP contribution in [0.1, 0.15) is 18.1 Å². The van der Waals surface area contributed by atoms with Crippen LogP contribution < -0.4 is 5.73 Å². The lowest BCUT2D eigenvalue weighted by atomic mass is 10.0. The average molecular weight is 314 g/mol. The Bertz CT molecular complexity index is 697. The van der Waals surface area contributed by atoms with E-state index in [-0.39, 0.29) is 6.10 Å². The highest BCUT2D eigenvalue weighted by molar-refractivity contribution is 5.79. The Hall–Kier alpha value is -2.18. The minimum atomic E-state index is -0.548.